The first-order valence-corrected chi connectivity index (χ1v) is 4.51. The van der Waals surface area contributed by atoms with Gasteiger partial charge in [-0.05, 0) is 31.6 Å². The first kappa shape index (κ1) is 11.9. The zero-order chi connectivity index (χ0) is 9.56. The molecule has 0 aliphatic rings. The van der Waals surface area contributed by atoms with Crippen LogP contribution in [0.15, 0.2) is 0 Å². The first-order chi connectivity index (χ1) is 5.61. The Morgan fingerprint density at radius 2 is 1.75 bits per heavy atom. The molecule has 0 saturated carbocycles. The van der Waals surface area contributed by atoms with Gasteiger partial charge in [0, 0.05) is 13.2 Å². The van der Waals surface area contributed by atoms with Crippen LogP contribution in [-0.4, -0.2) is 34.6 Å². The molecule has 0 rings (SSSR count). The van der Waals surface area contributed by atoms with Crippen molar-refractivity contribution in [3.63, 3.8) is 0 Å². The summed E-state index contributed by atoms with van der Waals surface area (Å²) in [6.45, 7) is 3.93. The summed E-state index contributed by atoms with van der Waals surface area (Å²) in [7, 11) is 0. The molecule has 3 atom stereocenters. The van der Waals surface area contributed by atoms with E-state index < -0.39 is 0 Å². The normalized spacial score (nSPS) is 18.8. The lowest BCUT2D eigenvalue weighted by Crippen LogP contribution is -2.21. The number of hydrogen-bond acceptors (Lipinski definition) is 3. The van der Waals surface area contributed by atoms with Crippen molar-refractivity contribution in [1.82, 2.24) is 0 Å². The van der Waals surface area contributed by atoms with E-state index in [1.54, 1.807) is 6.92 Å². The van der Waals surface area contributed by atoms with Crippen LogP contribution in [-0.2, 0) is 0 Å². The van der Waals surface area contributed by atoms with Crippen molar-refractivity contribution in [3.8, 4) is 0 Å². The van der Waals surface area contributed by atoms with Crippen LogP contribution < -0.4 is 0 Å². The number of hydrogen-bond donors (Lipinski definition) is 3. The third-order valence-corrected chi connectivity index (χ3v) is 2.25. The van der Waals surface area contributed by atoms with Crippen LogP contribution in [0, 0.1) is 11.8 Å². The van der Waals surface area contributed by atoms with Gasteiger partial charge in [-0.3, -0.25) is 0 Å². The fourth-order valence-corrected chi connectivity index (χ4v) is 1.45. The fraction of sp³-hybridized carbons (Fsp3) is 1.00. The third kappa shape index (κ3) is 4.70. The van der Waals surface area contributed by atoms with Gasteiger partial charge in [-0.2, -0.15) is 0 Å². The Hall–Kier alpha value is -0.120. The van der Waals surface area contributed by atoms with E-state index in [1.165, 1.54) is 0 Å². The molecule has 0 saturated heterocycles. The van der Waals surface area contributed by atoms with Gasteiger partial charge in [0.25, 0.3) is 0 Å². The minimum absolute atomic E-state index is 0.0917. The lowest BCUT2D eigenvalue weighted by molar-refractivity contribution is 0.102. The molecule has 0 amide bonds. The van der Waals surface area contributed by atoms with E-state index in [1.807, 2.05) is 6.92 Å². The zero-order valence-corrected chi connectivity index (χ0v) is 7.90. The molecule has 0 aromatic rings. The molecule has 0 bridgehead atoms. The third-order valence-electron chi connectivity index (χ3n) is 2.25. The summed E-state index contributed by atoms with van der Waals surface area (Å²) in [4.78, 5) is 0. The van der Waals surface area contributed by atoms with Gasteiger partial charge in [0.1, 0.15) is 0 Å². The predicted molar refractivity (Wildman–Crippen MR) is 47.7 cm³/mol. The van der Waals surface area contributed by atoms with Crippen LogP contribution in [0.5, 0.6) is 0 Å². The minimum Gasteiger partial charge on any atom is -0.396 e. The number of aliphatic hydroxyl groups is 3. The van der Waals surface area contributed by atoms with Gasteiger partial charge >= 0.3 is 0 Å². The molecule has 3 heteroatoms. The van der Waals surface area contributed by atoms with Crippen LogP contribution in [0.1, 0.15) is 26.7 Å². The summed E-state index contributed by atoms with van der Waals surface area (Å²) in [6, 6.07) is 0. The second-order valence-corrected chi connectivity index (χ2v) is 3.52. The standard InChI is InChI=1S/C9H20O3/c1-7(5-8(2)12)9(6-11)3-4-10/h7-12H,3-6H2,1-2H3. The maximum atomic E-state index is 9.09. The summed E-state index contributed by atoms with van der Waals surface area (Å²) in [5.74, 6) is 0.381. The second-order valence-electron chi connectivity index (χ2n) is 3.52. The van der Waals surface area contributed by atoms with Crippen molar-refractivity contribution in [1.29, 1.82) is 0 Å². The quantitative estimate of drug-likeness (QED) is 0.548. The van der Waals surface area contributed by atoms with Crippen molar-refractivity contribution < 1.29 is 15.3 Å². The van der Waals surface area contributed by atoms with Crippen LogP contribution in [0.2, 0.25) is 0 Å². The summed E-state index contributed by atoms with van der Waals surface area (Å²) in [6.07, 6.45) is 0.975. The van der Waals surface area contributed by atoms with E-state index in [-0.39, 0.29) is 31.2 Å². The molecule has 0 aliphatic heterocycles. The summed E-state index contributed by atoms with van der Waals surface area (Å²) in [5.41, 5.74) is 0. The molecular weight excluding hydrogens is 156 g/mol. The number of rotatable bonds is 6. The maximum Gasteiger partial charge on any atom is 0.0514 e. The molecule has 0 fully saturated rings. The molecule has 12 heavy (non-hydrogen) atoms. The van der Waals surface area contributed by atoms with E-state index in [2.05, 4.69) is 0 Å². The molecule has 0 aliphatic carbocycles. The molecule has 3 N–H and O–H groups in total. The SMILES string of the molecule is CC(O)CC(C)C(CO)CCO. The van der Waals surface area contributed by atoms with E-state index in [9.17, 15) is 0 Å². The minimum atomic E-state index is -0.326. The molecule has 3 nitrogen and oxygen atoms in total. The Morgan fingerprint density at radius 1 is 1.17 bits per heavy atom. The highest BCUT2D eigenvalue weighted by atomic mass is 16.3. The summed E-state index contributed by atoms with van der Waals surface area (Å²) < 4.78 is 0. The fourth-order valence-electron chi connectivity index (χ4n) is 1.45. The number of aliphatic hydroxyl groups excluding tert-OH is 3. The summed E-state index contributed by atoms with van der Waals surface area (Å²) >= 11 is 0. The topological polar surface area (TPSA) is 60.7 Å². The van der Waals surface area contributed by atoms with E-state index in [4.69, 9.17) is 15.3 Å². The van der Waals surface area contributed by atoms with E-state index in [0.717, 1.165) is 0 Å². The zero-order valence-electron chi connectivity index (χ0n) is 7.90. The van der Waals surface area contributed by atoms with Gasteiger partial charge in [0.15, 0.2) is 0 Å². The molecule has 74 valence electrons. The van der Waals surface area contributed by atoms with Crippen molar-refractivity contribution >= 4 is 0 Å². The Labute approximate surface area is 74.0 Å². The Kier molecular flexibility index (Phi) is 6.34. The van der Waals surface area contributed by atoms with Crippen molar-refractivity contribution in [2.45, 2.75) is 32.8 Å². The van der Waals surface area contributed by atoms with E-state index >= 15 is 0 Å². The Balaban J connectivity index is 3.76. The van der Waals surface area contributed by atoms with Gasteiger partial charge in [0.2, 0.25) is 0 Å². The molecule has 3 unspecified atom stereocenters. The average Bonchev–Trinajstić information content (AvgIpc) is 1.98. The Bertz CT molecular complexity index is 104. The van der Waals surface area contributed by atoms with Gasteiger partial charge in [0.05, 0.1) is 6.10 Å². The van der Waals surface area contributed by atoms with Gasteiger partial charge in [-0.15, -0.1) is 0 Å². The van der Waals surface area contributed by atoms with E-state index in [0.29, 0.717) is 12.8 Å². The van der Waals surface area contributed by atoms with Crippen molar-refractivity contribution in [2.75, 3.05) is 13.2 Å². The molecule has 0 aromatic carbocycles. The average molecular weight is 176 g/mol. The molecule has 0 aromatic heterocycles. The van der Waals surface area contributed by atoms with Gasteiger partial charge in [-0.25, -0.2) is 0 Å². The summed E-state index contributed by atoms with van der Waals surface area (Å²) in [5, 5.41) is 26.7. The monoisotopic (exact) mass is 176 g/mol. The molecule has 0 spiro atoms. The van der Waals surface area contributed by atoms with Crippen LogP contribution in [0.3, 0.4) is 0 Å². The molecular formula is C9H20O3. The van der Waals surface area contributed by atoms with Crippen LogP contribution in [0.4, 0.5) is 0 Å². The first-order valence-electron chi connectivity index (χ1n) is 4.51. The lowest BCUT2D eigenvalue weighted by atomic mass is 9.88. The van der Waals surface area contributed by atoms with Gasteiger partial charge < -0.3 is 15.3 Å². The largest absolute Gasteiger partial charge is 0.396 e. The molecule has 0 radical (unpaired) electrons. The second kappa shape index (κ2) is 6.40. The van der Waals surface area contributed by atoms with Crippen LogP contribution in [0.25, 0.3) is 0 Å². The van der Waals surface area contributed by atoms with Gasteiger partial charge in [-0.1, -0.05) is 6.92 Å². The molecule has 0 heterocycles. The highest BCUT2D eigenvalue weighted by Gasteiger charge is 2.17. The smallest absolute Gasteiger partial charge is 0.0514 e. The van der Waals surface area contributed by atoms with Crippen LogP contribution >= 0.6 is 0 Å². The predicted octanol–water partition coefficient (Wildman–Crippen LogP) is 0.384. The van der Waals surface area contributed by atoms with Crippen molar-refractivity contribution in [3.05, 3.63) is 0 Å². The lowest BCUT2D eigenvalue weighted by Gasteiger charge is -2.22. The highest BCUT2D eigenvalue weighted by molar-refractivity contribution is 4.67. The highest BCUT2D eigenvalue weighted by Crippen LogP contribution is 2.19. The Morgan fingerprint density at radius 3 is 2.08 bits per heavy atom. The maximum absolute atomic E-state index is 9.09. The van der Waals surface area contributed by atoms with Crippen molar-refractivity contribution in [2.24, 2.45) is 11.8 Å².